The number of carbonyl (C=O) groups excluding carboxylic acids is 1. The minimum Gasteiger partial charge on any atom is -0.355 e. The molecule has 1 rings (SSSR count). The number of nitrogens with one attached hydrogen (secondary N) is 1. The van der Waals surface area contributed by atoms with E-state index in [1.165, 1.54) is 5.69 Å². The van der Waals surface area contributed by atoms with Crippen LogP contribution < -0.4 is 5.32 Å². The van der Waals surface area contributed by atoms with E-state index in [2.05, 4.69) is 10.2 Å². The Morgan fingerprint density at radius 1 is 1.50 bits per heavy atom. The van der Waals surface area contributed by atoms with Crippen LogP contribution in [0.2, 0.25) is 0 Å². The molecule has 4 heteroatoms. The van der Waals surface area contributed by atoms with Crippen LogP contribution in [-0.2, 0) is 18.3 Å². The number of hydrogen-bond acceptors (Lipinski definition) is 2. The summed E-state index contributed by atoms with van der Waals surface area (Å²) < 4.78 is 2.05. The predicted octanol–water partition coefficient (Wildman–Crippen LogP) is 0.635. The maximum Gasteiger partial charge on any atom is 0.220 e. The minimum atomic E-state index is 0.128. The zero-order valence-electron chi connectivity index (χ0n) is 10.4. The molecule has 0 saturated heterocycles. The summed E-state index contributed by atoms with van der Waals surface area (Å²) in [5, 5.41) is 2.91. The number of aromatic nitrogens is 1. The Morgan fingerprint density at radius 3 is 2.81 bits per heavy atom. The van der Waals surface area contributed by atoms with Crippen molar-refractivity contribution in [2.24, 2.45) is 7.05 Å². The first-order chi connectivity index (χ1) is 7.59. The van der Waals surface area contributed by atoms with Gasteiger partial charge in [-0.05, 0) is 32.6 Å². The normalized spacial score (nSPS) is 10.8. The molecule has 0 saturated carbocycles. The van der Waals surface area contributed by atoms with Gasteiger partial charge in [-0.1, -0.05) is 0 Å². The molecular formula is C12H21N3O. The molecule has 0 aromatic carbocycles. The van der Waals surface area contributed by atoms with Crippen LogP contribution in [0.3, 0.4) is 0 Å². The Hall–Kier alpha value is -1.29. The fourth-order valence-corrected chi connectivity index (χ4v) is 1.51. The molecule has 4 nitrogen and oxygen atoms in total. The molecule has 0 aliphatic carbocycles. The minimum absolute atomic E-state index is 0.128. The Kier molecular flexibility index (Phi) is 5.05. The second-order valence-corrected chi connectivity index (χ2v) is 4.26. The van der Waals surface area contributed by atoms with Crippen LogP contribution in [0, 0.1) is 0 Å². The molecule has 0 fully saturated rings. The molecule has 0 aliphatic rings. The van der Waals surface area contributed by atoms with Gasteiger partial charge in [-0.25, -0.2) is 0 Å². The topological polar surface area (TPSA) is 37.3 Å². The standard InChI is InChI=1S/C12H21N3O/c1-14(2)10-8-13-12(16)7-6-11-5-4-9-15(11)3/h4-5,9H,6-8,10H2,1-3H3,(H,13,16). The van der Waals surface area contributed by atoms with Crippen molar-refractivity contribution in [1.29, 1.82) is 0 Å². The third kappa shape index (κ3) is 4.49. The lowest BCUT2D eigenvalue weighted by Gasteiger charge is -2.10. The molecule has 90 valence electrons. The van der Waals surface area contributed by atoms with E-state index >= 15 is 0 Å². The predicted molar refractivity (Wildman–Crippen MR) is 65.3 cm³/mol. The summed E-state index contributed by atoms with van der Waals surface area (Å²) in [5.74, 6) is 0.128. The summed E-state index contributed by atoms with van der Waals surface area (Å²) in [7, 11) is 5.99. The van der Waals surface area contributed by atoms with Crippen molar-refractivity contribution in [3.63, 3.8) is 0 Å². The second kappa shape index (κ2) is 6.33. The van der Waals surface area contributed by atoms with Gasteiger partial charge in [-0.15, -0.1) is 0 Å². The lowest BCUT2D eigenvalue weighted by atomic mass is 10.2. The molecule has 0 atom stereocenters. The molecular weight excluding hydrogens is 202 g/mol. The maximum atomic E-state index is 11.5. The van der Waals surface area contributed by atoms with Gasteiger partial charge >= 0.3 is 0 Å². The van der Waals surface area contributed by atoms with E-state index < -0.39 is 0 Å². The molecule has 0 aliphatic heterocycles. The molecule has 1 aromatic rings. The summed E-state index contributed by atoms with van der Waals surface area (Å²) in [6.45, 7) is 1.61. The van der Waals surface area contributed by atoms with Crippen molar-refractivity contribution in [3.05, 3.63) is 24.0 Å². The van der Waals surface area contributed by atoms with Gasteiger partial charge in [-0.3, -0.25) is 4.79 Å². The number of carbonyl (C=O) groups is 1. The third-order valence-corrected chi connectivity index (χ3v) is 2.54. The smallest absolute Gasteiger partial charge is 0.220 e. The Morgan fingerprint density at radius 2 is 2.25 bits per heavy atom. The first kappa shape index (κ1) is 12.8. The van der Waals surface area contributed by atoms with Crippen LogP contribution in [0.5, 0.6) is 0 Å². The number of amides is 1. The van der Waals surface area contributed by atoms with Crippen LogP contribution in [0.4, 0.5) is 0 Å². The first-order valence-corrected chi connectivity index (χ1v) is 5.61. The zero-order valence-corrected chi connectivity index (χ0v) is 10.4. The van der Waals surface area contributed by atoms with E-state index in [1.54, 1.807) is 0 Å². The highest BCUT2D eigenvalue weighted by Gasteiger charge is 2.03. The van der Waals surface area contributed by atoms with Gasteiger partial charge in [-0.2, -0.15) is 0 Å². The highest BCUT2D eigenvalue weighted by atomic mass is 16.1. The van der Waals surface area contributed by atoms with Crippen LogP contribution in [0.1, 0.15) is 12.1 Å². The zero-order chi connectivity index (χ0) is 12.0. The van der Waals surface area contributed by atoms with E-state index in [4.69, 9.17) is 0 Å². The van der Waals surface area contributed by atoms with Crippen LogP contribution in [0.15, 0.2) is 18.3 Å². The lowest BCUT2D eigenvalue weighted by molar-refractivity contribution is -0.121. The van der Waals surface area contributed by atoms with Crippen molar-refractivity contribution in [2.75, 3.05) is 27.2 Å². The molecule has 16 heavy (non-hydrogen) atoms. The van der Waals surface area contributed by atoms with Gasteiger partial charge < -0.3 is 14.8 Å². The van der Waals surface area contributed by atoms with Gasteiger partial charge in [0, 0.05) is 38.4 Å². The van der Waals surface area contributed by atoms with E-state index in [-0.39, 0.29) is 5.91 Å². The van der Waals surface area contributed by atoms with Gasteiger partial charge in [0.1, 0.15) is 0 Å². The average molecular weight is 223 g/mol. The number of rotatable bonds is 6. The summed E-state index contributed by atoms with van der Waals surface area (Å²) in [4.78, 5) is 13.5. The molecule has 1 aromatic heterocycles. The fraction of sp³-hybridized carbons (Fsp3) is 0.583. The van der Waals surface area contributed by atoms with Crippen molar-refractivity contribution in [1.82, 2.24) is 14.8 Å². The van der Waals surface area contributed by atoms with E-state index in [9.17, 15) is 4.79 Å². The molecule has 0 radical (unpaired) electrons. The van der Waals surface area contributed by atoms with Crippen LogP contribution in [0.25, 0.3) is 0 Å². The van der Waals surface area contributed by atoms with Crippen molar-refractivity contribution < 1.29 is 4.79 Å². The largest absolute Gasteiger partial charge is 0.355 e. The summed E-state index contributed by atoms with van der Waals surface area (Å²) in [6, 6.07) is 4.05. The van der Waals surface area contributed by atoms with E-state index in [0.29, 0.717) is 6.42 Å². The fourth-order valence-electron chi connectivity index (χ4n) is 1.51. The quantitative estimate of drug-likeness (QED) is 0.768. The van der Waals surface area contributed by atoms with Crippen molar-refractivity contribution in [2.45, 2.75) is 12.8 Å². The van der Waals surface area contributed by atoms with Gasteiger partial charge in [0.15, 0.2) is 0 Å². The number of nitrogens with zero attached hydrogens (tertiary/aromatic N) is 2. The third-order valence-electron chi connectivity index (χ3n) is 2.54. The molecule has 1 amide bonds. The number of likely N-dealkylation sites (N-methyl/N-ethyl adjacent to an activating group) is 1. The molecule has 0 spiro atoms. The highest BCUT2D eigenvalue weighted by Crippen LogP contribution is 2.02. The van der Waals surface area contributed by atoms with Crippen LogP contribution >= 0.6 is 0 Å². The van der Waals surface area contributed by atoms with Crippen LogP contribution in [-0.4, -0.2) is 42.6 Å². The monoisotopic (exact) mass is 223 g/mol. The molecule has 0 unspecified atom stereocenters. The summed E-state index contributed by atoms with van der Waals surface area (Å²) >= 11 is 0. The Balaban J connectivity index is 2.18. The first-order valence-electron chi connectivity index (χ1n) is 5.61. The molecule has 1 N–H and O–H groups in total. The molecule has 1 heterocycles. The Bertz CT molecular complexity index is 331. The number of hydrogen-bond donors (Lipinski definition) is 1. The van der Waals surface area contributed by atoms with E-state index in [1.807, 2.05) is 44.0 Å². The number of aryl methyl sites for hydroxylation is 2. The molecule has 0 bridgehead atoms. The van der Waals surface area contributed by atoms with Crippen molar-refractivity contribution >= 4 is 5.91 Å². The van der Waals surface area contributed by atoms with Gasteiger partial charge in [0.25, 0.3) is 0 Å². The van der Waals surface area contributed by atoms with Gasteiger partial charge in [0.2, 0.25) is 5.91 Å². The van der Waals surface area contributed by atoms with E-state index in [0.717, 1.165) is 19.5 Å². The summed E-state index contributed by atoms with van der Waals surface area (Å²) in [6.07, 6.45) is 3.36. The maximum absolute atomic E-state index is 11.5. The SMILES string of the molecule is CN(C)CCNC(=O)CCc1cccn1C. The average Bonchev–Trinajstić information content (AvgIpc) is 2.60. The Labute approximate surface area is 97.2 Å². The van der Waals surface area contributed by atoms with Crippen molar-refractivity contribution in [3.8, 4) is 0 Å². The highest BCUT2D eigenvalue weighted by molar-refractivity contribution is 5.76. The second-order valence-electron chi connectivity index (χ2n) is 4.26. The lowest BCUT2D eigenvalue weighted by Crippen LogP contribution is -2.31. The summed E-state index contributed by atoms with van der Waals surface area (Å²) in [5.41, 5.74) is 1.20. The van der Waals surface area contributed by atoms with Gasteiger partial charge in [0.05, 0.1) is 0 Å².